The Kier molecular flexibility index (Phi) is 4.46. The molecule has 0 radical (unpaired) electrons. The molecule has 0 heterocycles. The Hall–Kier alpha value is -1.45. The molecule has 0 fully saturated rings. The monoisotopic (exact) mass is 378 g/mol. The number of hydrogen-bond donors (Lipinski definition) is 0. The number of rotatable bonds is 3. The summed E-state index contributed by atoms with van der Waals surface area (Å²) >= 11 is 9.87. The third-order valence-corrected chi connectivity index (χ3v) is 4.92. The van der Waals surface area contributed by atoms with Crippen molar-refractivity contribution >= 4 is 33.1 Å². The number of ether oxygens (including phenoxy) is 2. The van der Waals surface area contributed by atoms with Gasteiger partial charge < -0.3 is 9.47 Å². The molecule has 114 valence electrons. The highest BCUT2D eigenvalue weighted by Crippen LogP contribution is 2.41. The quantitative estimate of drug-likeness (QED) is 0.705. The van der Waals surface area contributed by atoms with Crippen LogP contribution in [0.5, 0.6) is 11.5 Å². The molecule has 2 aromatic rings. The van der Waals surface area contributed by atoms with Crippen LogP contribution in [0, 0.1) is 0 Å². The summed E-state index contributed by atoms with van der Waals surface area (Å²) in [6, 6.07) is 12.1. The summed E-state index contributed by atoms with van der Waals surface area (Å²) in [5.74, 6) is 1.46. The standard InChI is InChI=1S/C18H16BrClO2/c1-21-16-8-4-12(10-17(16)22-2)18-14-6-5-13(20)9-11(14)3-7-15(18)19/h4-6,8-10H,3,7H2,1-2H3. The molecule has 22 heavy (non-hydrogen) atoms. The van der Waals surface area contributed by atoms with Gasteiger partial charge in [-0.3, -0.25) is 0 Å². The van der Waals surface area contributed by atoms with Crippen LogP contribution in [-0.4, -0.2) is 14.2 Å². The lowest BCUT2D eigenvalue weighted by Crippen LogP contribution is -2.04. The summed E-state index contributed by atoms with van der Waals surface area (Å²) in [5, 5.41) is 0.781. The van der Waals surface area contributed by atoms with Crippen LogP contribution in [0.4, 0.5) is 0 Å². The molecule has 0 bridgehead atoms. The summed E-state index contributed by atoms with van der Waals surface area (Å²) in [6.07, 6.45) is 1.96. The summed E-state index contributed by atoms with van der Waals surface area (Å²) < 4.78 is 11.9. The molecule has 2 nitrogen and oxygen atoms in total. The molecule has 2 aromatic carbocycles. The second-order valence-electron chi connectivity index (χ2n) is 5.15. The van der Waals surface area contributed by atoms with E-state index in [9.17, 15) is 0 Å². The lowest BCUT2D eigenvalue weighted by Gasteiger charge is -2.22. The number of methoxy groups -OCH3 is 2. The van der Waals surface area contributed by atoms with Crippen molar-refractivity contribution in [1.29, 1.82) is 0 Å². The van der Waals surface area contributed by atoms with Crippen LogP contribution < -0.4 is 9.47 Å². The average molecular weight is 380 g/mol. The second-order valence-corrected chi connectivity index (χ2v) is 6.54. The molecule has 0 amide bonds. The maximum Gasteiger partial charge on any atom is 0.161 e. The fourth-order valence-electron chi connectivity index (χ4n) is 2.83. The first kappa shape index (κ1) is 15.4. The Morgan fingerprint density at radius 2 is 1.73 bits per heavy atom. The number of hydrogen-bond acceptors (Lipinski definition) is 2. The van der Waals surface area contributed by atoms with E-state index in [-0.39, 0.29) is 0 Å². The molecule has 1 aliphatic carbocycles. The number of fused-ring (bicyclic) bond motifs is 1. The van der Waals surface area contributed by atoms with Crippen LogP contribution in [0.1, 0.15) is 23.1 Å². The van der Waals surface area contributed by atoms with Crippen molar-refractivity contribution in [3.63, 3.8) is 0 Å². The molecule has 0 N–H and O–H groups in total. The molecule has 1 aliphatic rings. The molecule has 0 spiro atoms. The molecule has 0 atom stereocenters. The van der Waals surface area contributed by atoms with Crippen molar-refractivity contribution in [2.45, 2.75) is 12.8 Å². The van der Waals surface area contributed by atoms with Crippen LogP contribution in [0.25, 0.3) is 5.57 Å². The van der Waals surface area contributed by atoms with Gasteiger partial charge in [-0.2, -0.15) is 0 Å². The minimum Gasteiger partial charge on any atom is -0.493 e. The summed E-state index contributed by atoms with van der Waals surface area (Å²) in [7, 11) is 3.30. The molecule has 0 saturated carbocycles. The van der Waals surface area contributed by atoms with Crippen molar-refractivity contribution in [2.75, 3.05) is 14.2 Å². The van der Waals surface area contributed by atoms with Gasteiger partial charge in [0.15, 0.2) is 11.5 Å². The van der Waals surface area contributed by atoms with E-state index in [4.69, 9.17) is 21.1 Å². The van der Waals surface area contributed by atoms with E-state index >= 15 is 0 Å². The molecule has 0 unspecified atom stereocenters. The van der Waals surface area contributed by atoms with Gasteiger partial charge in [-0.1, -0.05) is 39.7 Å². The van der Waals surface area contributed by atoms with Crippen LogP contribution in [0.3, 0.4) is 0 Å². The molecule has 3 rings (SSSR count). The minimum absolute atomic E-state index is 0.730. The first-order chi connectivity index (χ1) is 10.6. The van der Waals surface area contributed by atoms with E-state index in [0.717, 1.165) is 34.9 Å². The minimum atomic E-state index is 0.730. The van der Waals surface area contributed by atoms with Gasteiger partial charge in [0.1, 0.15) is 0 Å². The van der Waals surface area contributed by atoms with Crippen molar-refractivity contribution in [3.8, 4) is 11.5 Å². The van der Waals surface area contributed by atoms with Gasteiger partial charge in [0, 0.05) is 9.51 Å². The van der Waals surface area contributed by atoms with Gasteiger partial charge in [0.2, 0.25) is 0 Å². The van der Waals surface area contributed by atoms with E-state index in [2.05, 4.69) is 34.1 Å². The fourth-order valence-corrected chi connectivity index (χ4v) is 3.67. The Labute approximate surface area is 143 Å². The van der Waals surface area contributed by atoms with Gasteiger partial charge in [-0.05, 0) is 59.4 Å². The Balaban J connectivity index is 2.15. The van der Waals surface area contributed by atoms with Crippen molar-refractivity contribution in [1.82, 2.24) is 0 Å². The van der Waals surface area contributed by atoms with E-state index in [1.54, 1.807) is 14.2 Å². The summed E-state index contributed by atoms with van der Waals surface area (Å²) in [5.41, 5.74) is 4.79. The number of benzene rings is 2. The molecule has 0 aromatic heterocycles. The SMILES string of the molecule is COc1ccc(C2=C(Br)CCc3cc(Cl)ccc32)cc1OC. The third-order valence-electron chi connectivity index (χ3n) is 3.89. The maximum absolute atomic E-state index is 6.13. The number of halogens is 2. The van der Waals surface area contributed by atoms with Crippen molar-refractivity contribution in [3.05, 3.63) is 62.6 Å². The van der Waals surface area contributed by atoms with E-state index < -0.39 is 0 Å². The van der Waals surface area contributed by atoms with E-state index in [1.165, 1.54) is 21.2 Å². The smallest absolute Gasteiger partial charge is 0.161 e. The fraction of sp³-hybridized carbons (Fsp3) is 0.222. The largest absolute Gasteiger partial charge is 0.493 e. The summed E-state index contributed by atoms with van der Waals surface area (Å²) in [6.45, 7) is 0. The zero-order valence-corrected chi connectivity index (χ0v) is 14.8. The van der Waals surface area contributed by atoms with Crippen molar-refractivity contribution in [2.24, 2.45) is 0 Å². The molecular formula is C18H16BrClO2. The second kappa shape index (κ2) is 6.35. The lowest BCUT2D eigenvalue weighted by atomic mass is 9.87. The molecular weight excluding hydrogens is 364 g/mol. The first-order valence-corrected chi connectivity index (χ1v) is 8.21. The van der Waals surface area contributed by atoms with Crippen LogP contribution in [0.15, 0.2) is 40.9 Å². The van der Waals surface area contributed by atoms with Gasteiger partial charge in [0.25, 0.3) is 0 Å². The molecule has 4 heteroatoms. The zero-order chi connectivity index (χ0) is 15.7. The Morgan fingerprint density at radius 3 is 2.45 bits per heavy atom. The maximum atomic E-state index is 6.13. The average Bonchev–Trinajstić information content (AvgIpc) is 2.54. The molecule has 0 aliphatic heterocycles. The van der Waals surface area contributed by atoms with Crippen LogP contribution in [-0.2, 0) is 6.42 Å². The predicted octanol–water partition coefficient (Wildman–Crippen LogP) is 5.46. The lowest BCUT2D eigenvalue weighted by molar-refractivity contribution is 0.355. The van der Waals surface area contributed by atoms with Crippen LogP contribution >= 0.6 is 27.5 Å². The number of allylic oxidation sites excluding steroid dienone is 1. The van der Waals surface area contributed by atoms with Crippen LogP contribution in [0.2, 0.25) is 5.02 Å². The highest BCUT2D eigenvalue weighted by molar-refractivity contribution is 9.11. The highest BCUT2D eigenvalue weighted by atomic mass is 79.9. The highest BCUT2D eigenvalue weighted by Gasteiger charge is 2.20. The Bertz CT molecular complexity index is 753. The van der Waals surface area contributed by atoms with E-state index in [1.807, 2.05) is 18.2 Å². The van der Waals surface area contributed by atoms with E-state index in [0.29, 0.717) is 0 Å². The summed E-state index contributed by atoms with van der Waals surface area (Å²) in [4.78, 5) is 0. The Morgan fingerprint density at radius 1 is 0.955 bits per heavy atom. The first-order valence-electron chi connectivity index (χ1n) is 7.04. The van der Waals surface area contributed by atoms with Gasteiger partial charge in [0.05, 0.1) is 14.2 Å². The van der Waals surface area contributed by atoms with Gasteiger partial charge >= 0.3 is 0 Å². The number of aryl methyl sites for hydroxylation is 1. The van der Waals surface area contributed by atoms with Crippen molar-refractivity contribution < 1.29 is 9.47 Å². The normalized spacial score (nSPS) is 13.8. The third kappa shape index (κ3) is 2.75. The molecule has 0 saturated heterocycles. The topological polar surface area (TPSA) is 18.5 Å². The van der Waals surface area contributed by atoms with Gasteiger partial charge in [-0.25, -0.2) is 0 Å². The predicted molar refractivity (Wildman–Crippen MR) is 94.3 cm³/mol. The zero-order valence-electron chi connectivity index (χ0n) is 12.5. The van der Waals surface area contributed by atoms with Gasteiger partial charge in [-0.15, -0.1) is 0 Å².